The lowest BCUT2D eigenvalue weighted by molar-refractivity contribution is -0.217. The summed E-state index contributed by atoms with van der Waals surface area (Å²) >= 11 is 0. The average Bonchev–Trinajstić information content (AvgIpc) is 3.14. The number of Topliss-reactive ketones (excluding diaryl/α,β-unsaturated/α-hetero) is 1. The summed E-state index contributed by atoms with van der Waals surface area (Å²) in [5.41, 5.74) is -0.171. The Labute approximate surface area is 218 Å². The van der Waals surface area contributed by atoms with Gasteiger partial charge in [0.1, 0.15) is 11.9 Å². The fraction of sp³-hybridized carbons (Fsp3) is 0.933. The fourth-order valence-electron chi connectivity index (χ4n) is 9.45. The van der Waals surface area contributed by atoms with Gasteiger partial charge in [0.25, 0.3) is 0 Å². The fourth-order valence-corrected chi connectivity index (χ4v) is 9.45. The van der Waals surface area contributed by atoms with Crippen LogP contribution in [-0.2, 0) is 19.1 Å². The highest BCUT2D eigenvalue weighted by atomic mass is 16.5. The van der Waals surface area contributed by atoms with E-state index in [2.05, 4.69) is 32.6 Å². The summed E-state index contributed by atoms with van der Waals surface area (Å²) in [6, 6.07) is 0. The maximum Gasteiger partial charge on any atom is 0.320 e. The Balaban J connectivity index is 1.68. The zero-order chi connectivity index (χ0) is 26.4. The number of likely N-dealkylation sites (N-methyl/N-ethyl adjacent to an activating group) is 1. The number of hydrogen-bond acceptors (Lipinski definition) is 6. The lowest BCUT2D eigenvalue weighted by Gasteiger charge is -2.63. The van der Waals surface area contributed by atoms with Gasteiger partial charge in [0.05, 0.1) is 24.9 Å². The van der Waals surface area contributed by atoms with Crippen LogP contribution in [0.25, 0.3) is 0 Å². The summed E-state index contributed by atoms with van der Waals surface area (Å²) in [6.45, 7) is 16.6. The molecule has 0 spiro atoms. The van der Waals surface area contributed by atoms with Crippen LogP contribution >= 0.6 is 0 Å². The van der Waals surface area contributed by atoms with Gasteiger partial charge in [-0.2, -0.15) is 0 Å². The average molecular weight is 506 g/mol. The van der Waals surface area contributed by atoms with Crippen molar-refractivity contribution < 1.29 is 24.2 Å². The Hall–Kier alpha value is -0.980. The van der Waals surface area contributed by atoms with Crippen LogP contribution in [0.1, 0.15) is 93.4 Å². The van der Waals surface area contributed by atoms with Gasteiger partial charge in [0.15, 0.2) is 0 Å². The Kier molecular flexibility index (Phi) is 8.29. The van der Waals surface area contributed by atoms with E-state index in [0.717, 1.165) is 58.0 Å². The summed E-state index contributed by atoms with van der Waals surface area (Å²) in [6.07, 6.45) is 5.84. The number of aliphatic hydroxyl groups is 1. The number of carbonyl (C=O) groups excluding carboxylic acids is 2. The van der Waals surface area contributed by atoms with Crippen LogP contribution in [0.4, 0.5) is 0 Å². The maximum absolute atomic E-state index is 13.3. The molecule has 4 aliphatic rings. The van der Waals surface area contributed by atoms with Gasteiger partial charge in [0, 0.05) is 11.8 Å². The van der Waals surface area contributed by atoms with E-state index in [1.807, 2.05) is 13.8 Å². The van der Waals surface area contributed by atoms with Crippen LogP contribution in [-0.4, -0.2) is 65.8 Å². The molecule has 0 aromatic carbocycles. The van der Waals surface area contributed by atoms with E-state index in [-0.39, 0.29) is 52.7 Å². The van der Waals surface area contributed by atoms with Gasteiger partial charge in [-0.05, 0) is 107 Å². The minimum absolute atomic E-state index is 0.0580. The van der Waals surface area contributed by atoms with E-state index < -0.39 is 6.10 Å². The van der Waals surface area contributed by atoms with E-state index in [0.29, 0.717) is 24.3 Å². The summed E-state index contributed by atoms with van der Waals surface area (Å²) in [7, 11) is 0. The normalized spacial score (nSPS) is 44.2. The molecule has 4 saturated carbocycles. The van der Waals surface area contributed by atoms with Gasteiger partial charge in [-0.25, -0.2) is 0 Å². The number of esters is 1. The molecule has 6 nitrogen and oxygen atoms in total. The molecule has 0 saturated heterocycles. The van der Waals surface area contributed by atoms with Gasteiger partial charge in [-0.3, -0.25) is 14.5 Å². The predicted octanol–water partition coefficient (Wildman–Crippen LogP) is 4.86. The van der Waals surface area contributed by atoms with Crippen molar-refractivity contribution in [1.82, 2.24) is 4.90 Å². The number of ether oxygens (including phenoxy) is 2. The smallest absolute Gasteiger partial charge is 0.320 e. The molecular formula is C30H51NO5. The van der Waals surface area contributed by atoms with E-state index in [4.69, 9.17) is 9.47 Å². The highest BCUT2D eigenvalue weighted by molar-refractivity contribution is 5.79. The standard InChI is InChI=1S/C30H51NO5/c1-8-31(9-2)17-27(34)36-26-16-30(7)22(19(5)32)12-13-23(30)21-11-10-20-14-24(33)25(35-18(3)4)15-29(20,6)28(21)26/h18,20-26,28,33H,8-17H2,1-7H3/t20?,21-,22+,23-,24?,25?,26?,28+,29-,30+/m0/s1. The van der Waals surface area contributed by atoms with Crippen molar-refractivity contribution in [1.29, 1.82) is 0 Å². The Morgan fingerprint density at radius 1 is 1.00 bits per heavy atom. The molecule has 4 rings (SSSR count). The summed E-state index contributed by atoms with van der Waals surface area (Å²) in [4.78, 5) is 28.1. The van der Waals surface area contributed by atoms with Crippen molar-refractivity contribution >= 4 is 11.8 Å². The third-order valence-electron chi connectivity index (χ3n) is 11.0. The molecule has 10 atom stereocenters. The number of hydrogen-bond donors (Lipinski definition) is 1. The second-order valence-electron chi connectivity index (χ2n) is 13.2. The number of aliphatic hydroxyl groups excluding tert-OH is 1. The molecule has 4 fully saturated rings. The number of fused-ring (bicyclic) bond motifs is 5. The quantitative estimate of drug-likeness (QED) is 0.475. The van der Waals surface area contributed by atoms with Crippen LogP contribution in [0.15, 0.2) is 0 Å². The third-order valence-corrected chi connectivity index (χ3v) is 11.0. The van der Waals surface area contributed by atoms with Crippen molar-refractivity contribution in [3.05, 3.63) is 0 Å². The first-order valence-electron chi connectivity index (χ1n) is 14.7. The molecule has 1 N–H and O–H groups in total. The van der Waals surface area contributed by atoms with E-state index in [9.17, 15) is 14.7 Å². The van der Waals surface area contributed by atoms with Crippen LogP contribution in [0.2, 0.25) is 0 Å². The molecule has 0 radical (unpaired) electrons. The molecule has 0 bridgehead atoms. The summed E-state index contributed by atoms with van der Waals surface area (Å²) in [5, 5.41) is 11.0. The molecule has 0 heterocycles. The van der Waals surface area contributed by atoms with Gasteiger partial charge >= 0.3 is 5.97 Å². The topological polar surface area (TPSA) is 76.1 Å². The first kappa shape index (κ1) is 28.0. The molecule has 206 valence electrons. The second-order valence-corrected chi connectivity index (χ2v) is 13.2. The second kappa shape index (κ2) is 10.6. The van der Waals surface area contributed by atoms with Crippen molar-refractivity contribution in [2.75, 3.05) is 19.6 Å². The number of nitrogens with zero attached hydrogens (tertiary/aromatic N) is 1. The maximum atomic E-state index is 13.3. The number of carbonyl (C=O) groups is 2. The van der Waals surface area contributed by atoms with Crippen LogP contribution in [0.3, 0.4) is 0 Å². The van der Waals surface area contributed by atoms with Crippen molar-refractivity contribution in [3.63, 3.8) is 0 Å². The van der Waals surface area contributed by atoms with Crippen molar-refractivity contribution in [2.24, 2.45) is 40.4 Å². The highest BCUT2D eigenvalue weighted by Crippen LogP contribution is 2.68. The number of ketones is 1. The predicted molar refractivity (Wildman–Crippen MR) is 140 cm³/mol. The minimum atomic E-state index is -0.437. The monoisotopic (exact) mass is 505 g/mol. The van der Waals surface area contributed by atoms with Gasteiger partial charge < -0.3 is 14.6 Å². The van der Waals surface area contributed by atoms with Crippen LogP contribution < -0.4 is 0 Å². The van der Waals surface area contributed by atoms with E-state index >= 15 is 0 Å². The lowest BCUT2D eigenvalue weighted by Crippen LogP contribution is -2.62. The number of rotatable bonds is 8. The van der Waals surface area contributed by atoms with E-state index in [1.165, 1.54) is 0 Å². The van der Waals surface area contributed by atoms with Crippen LogP contribution in [0.5, 0.6) is 0 Å². The summed E-state index contributed by atoms with van der Waals surface area (Å²) < 4.78 is 12.7. The zero-order valence-corrected chi connectivity index (χ0v) is 23.8. The molecule has 0 aliphatic heterocycles. The molecule has 0 aromatic heterocycles. The largest absolute Gasteiger partial charge is 0.461 e. The molecule has 0 amide bonds. The lowest BCUT2D eigenvalue weighted by atomic mass is 9.43. The zero-order valence-electron chi connectivity index (χ0n) is 23.8. The Bertz CT molecular complexity index is 811. The van der Waals surface area contributed by atoms with Crippen LogP contribution in [0, 0.1) is 40.4 Å². The summed E-state index contributed by atoms with van der Waals surface area (Å²) in [5.74, 6) is 1.78. The first-order valence-corrected chi connectivity index (χ1v) is 14.7. The SMILES string of the molecule is CCN(CC)CC(=O)OC1C[C@]2(C)[C@@H](C(C)=O)CC[C@H]2[C@@H]2CCC3CC(O)C(OC(C)C)C[C@]3(C)[C@@H]12. The molecule has 36 heavy (non-hydrogen) atoms. The van der Waals surface area contributed by atoms with Gasteiger partial charge in [-0.1, -0.05) is 27.7 Å². The van der Waals surface area contributed by atoms with Gasteiger partial charge in [-0.15, -0.1) is 0 Å². The molecule has 0 aromatic rings. The minimum Gasteiger partial charge on any atom is -0.461 e. The highest BCUT2D eigenvalue weighted by Gasteiger charge is 2.65. The van der Waals surface area contributed by atoms with Crippen molar-refractivity contribution in [2.45, 2.75) is 118 Å². The molecular weight excluding hydrogens is 454 g/mol. The Morgan fingerprint density at radius 3 is 2.28 bits per heavy atom. The Morgan fingerprint density at radius 2 is 1.67 bits per heavy atom. The molecule has 4 unspecified atom stereocenters. The van der Waals surface area contributed by atoms with Gasteiger partial charge in [0.2, 0.25) is 0 Å². The van der Waals surface area contributed by atoms with E-state index in [1.54, 1.807) is 6.92 Å². The first-order chi connectivity index (χ1) is 16.9. The third kappa shape index (κ3) is 4.91. The molecule has 4 aliphatic carbocycles. The van der Waals surface area contributed by atoms with Crippen molar-refractivity contribution in [3.8, 4) is 0 Å². The molecule has 6 heteroatoms.